The number of rotatable bonds is 3. The number of hydrogen-bond acceptors (Lipinski definition) is 3. The molecule has 1 aliphatic heterocycles. The van der Waals surface area contributed by atoms with E-state index in [-0.39, 0.29) is 24.0 Å². The van der Waals surface area contributed by atoms with Crippen LogP contribution in [0.5, 0.6) is 11.5 Å². The fraction of sp³-hybridized carbons (Fsp3) is 0.278. The molecule has 3 rings (SSSR count). The number of guanidine groups is 1. The number of nitrogens with one attached hydrogen (secondary N) is 2. The summed E-state index contributed by atoms with van der Waals surface area (Å²) < 4.78 is 12.4. The Bertz CT molecular complexity index is 740. The van der Waals surface area contributed by atoms with Crippen LogP contribution in [0.25, 0.3) is 0 Å². The third kappa shape index (κ3) is 5.78. The highest BCUT2D eigenvalue weighted by Gasteiger charge is 2.11. The first-order chi connectivity index (χ1) is 11.7. The van der Waals surface area contributed by atoms with Crippen molar-refractivity contribution in [1.29, 1.82) is 0 Å². The lowest BCUT2D eigenvalue weighted by atomic mass is 10.2. The molecule has 0 amide bonds. The van der Waals surface area contributed by atoms with Gasteiger partial charge in [-0.25, -0.2) is 0 Å². The molecule has 0 bridgehead atoms. The molecule has 5 nitrogen and oxygen atoms in total. The van der Waals surface area contributed by atoms with Crippen molar-refractivity contribution >= 4 is 51.6 Å². The molecule has 0 fully saturated rings. The summed E-state index contributed by atoms with van der Waals surface area (Å²) >= 11 is 3.48. The maximum absolute atomic E-state index is 5.72. The molecule has 0 aliphatic carbocycles. The molecule has 0 spiro atoms. The molecule has 0 saturated carbocycles. The summed E-state index contributed by atoms with van der Waals surface area (Å²) in [5.41, 5.74) is 2.08. The Labute approximate surface area is 173 Å². The number of anilines is 1. The second-order valence-electron chi connectivity index (χ2n) is 5.39. The molecule has 0 atom stereocenters. The summed E-state index contributed by atoms with van der Waals surface area (Å²) in [6.45, 7) is 2.05. The second kappa shape index (κ2) is 9.86. The Balaban J connectivity index is 0.00000225. The Kier molecular flexibility index (Phi) is 7.83. The third-order valence-electron chi connectivity index (χ3n) is 3.58. The lowest BCUT2D eigenvalue weighted by Gasteiger charge is -2.14. The summed E-state index contributed by atoms with van der Waals surface area (Å²) in [4.78, 5) is 4.26. The summed E-state index contributed by atoms with van der Waals surface area (Å²) in [6.07, 6.45) is 0.896. The van der Waals surface area contributed by atoms with Gasteiger partial charge in [0.05, 0.1) is 13.2 Å². The van der Waals surface area contributed by atoms with Crippen LogP contribution in [0.1, 0.15) is 12.0 Å². The van der Waals surface area contributed by atoms with Crippen LogP contribution in [0, 0.1) is 0 Å². The van der Waals surface area contributed by atoms with E-state index in [0.29, 0.717) is 25.7 Å². The van der Waals surface area contributed by atoms with Crippen molar-refractivity contribution in [3.8, 4) is 11.5 Å². The van der Waals surface area contributed by atoms with E-state index in [1.807, 2.05) is 30.3 Å². The van der Waals surface area contributed by atoms with Crippen LogP contribution >= 0.6 is 39.9 Å². The monoisotopic (exact) mass is 517 g/mol. The molecular formula is C18H21BrIN3O2. The standard InChI is InChI=1S/C18H20BrN3O2.HI/c1-20-18(21-12-13-4-2-5-14(19)10-13)22-15-6-7-16-17(11-15)24-9-3-8-23-16;/h2,4-7,10-11H,3,8-9,12H2,1H3,(H2,20,21,22);1H. The topological polar surface area (TPSA) is 54.9 Å². The molecule has 0 saturated heterocycles. The normalized spacial score (nSPS) is 13.4. The van der Waals surface area contributed by atoms with Gasteiger partial charge in [-0.2, -0.15) is 0 Å². The lowest BCUT2D eigenvalue weighted by molar-refractivity contribution is 0.297. The average molecular weight is 518 g/mol. The molecule has 0 unspecified atom stereocenters. The van der Waals surface area contributed by atoms with Gasteiger partial charge in [-0.05, 0) is 29.8 Å². The SMILES string of the molecule is CN=C(NCc1cccc(Br)c1)Nc1ccc2c(c1)OCCCO2.I. The van der Waals surface area contributed by atoms with Gasteiger partial charge in [0.1, 0.15) is 0 Å². The maximum Gasteiger partial charge on any atom is 0.195 e. The molecule has 0 aromatic heterocycles. The molecule has 0 radical (unpaired) electrons. The van der Waals surface area contributed by atoms with E-state index in [0.717, 1.165) is 28.1 Å². The van der Waals surface area contributed by atoms with Gasteiger partial charge in [-0.15, -0.1) is 24.0 Å². The van der Waals surface area contributed by atoms with Crippen molar-refractivity contribution in [2.45, 2.75) is 13.0 Å². The number of aliphatic imine (C=N–C) groups is 1. The van der Waals surface area contributed by atoms with Gasteiger partial charge in [0.2, 0.25) is 0 Å². The molecule has 1 heterocycles. The maximum atomic E-state index is 5.72. The van der Waals surface area contributed by atoms with Gasteiger partial charge in [0, 0.05) is 36.2 Å². The zero-order chi connectivity index (χ0) is 16.8. The Morgan fingerprint density at radius 2 is 1.92 bits per heavy atom. The molecule has 1 aliphatic rings. The van der Waals surface area contributed by atoms with Crippen molar-refractivity contribution in [3.63, 3.8) is 0 Å². The number of benzene rings is 2. The van der Waals surface area contributed by atoms with E-state index in [1.165, 1.54) is 5.56 Å². The molecule has 2 aromatic carbocycles. The molecule has 2 N–H and O–H groups in total. The zero-order valence-corrected chi connectivity index (χ0v) is 17.8. The summed E-state index contributed by atoms with van der Waals surface area (Å²) in [5, 5.41) is 6.58. The molecule has 7 heteroatoms. The van der Waals surface area contributed by atoms with E-state index in [9.17, 15) is 0 Å². The summed E-state index contributed by atoms with van der Waals surface area (Å²) in [5.74, 6) is 2.25. The lowest BCUT2D eigenvalue weighted by Crippen LogP contribution is -2.30. The van der Waals surface area contributed by atoms with Crippen LogP contribution in [0.2, 0.25) is 0 Å². The van der Waals surface area contributed by atoms with Crippen LogP contribution in [0.4, 0.5) is 5.69 Å². The number of ether oxygens (including phenoxy) is 2. The Morgan fingerprint density at radius 3 is 2.68 bits per heavy atom. The predicted molar refractivity (Wildman–Crippen MR) is 115 cm³/mol. The predicted octanol–water partition coefficient (Wildman–Crippen LogP) is 4.42. The smallest absolute Gasteiger partial charge is 0.195 e. The summed E-state index contributed by atoms with van der Waals surface area (Å²) in [6, 6.07) is 14.0. The third-order valence-corrected chi connectivity index (χ3v) is 4.08. The van der Waals surface area contributed by atoms with Crippen molar-refractivity contribution < 1.29 is 9.47 Å². The molecule has 134 valence electrons. The number of nitrogens with zero attached hydrogens (tertiary/aromatic N) is 1. The minimum absolute atomic E-state index is 0. The van der Waals surface area contributed by atoms with Gasteiger partial charge in [-0.1, -0.05) is 28.1 Å². The fourth-order valence-electron chi connectivity index (χ4n) is 2.39. The molecule has 25 heavy (non-hydrogen) atoms. The van der Waals surface area contributed by atoms with Gasteiger partial charge < -0.3 is 20.1 Å². The molecule has 2 aromatic rings. The van der Waals surface area contributed by atoms with Crippen LogP contribution < -0.4 is 20.1 Å². The van der Waals surface area contributed by atoms with Crippen LogP contribution in [0.15, 0.2) is 51.9 Å². The van der Waals surface area contributed by atoms with Gasteiger partial charge in [-0.3, -0.25) is 4.99 Å². The van der Waals surface area contributed by atoms with Crippen molar-refractivity contribution in [2.24, 2.45) is 4.99 Å². The highest BCUT2D eigenvalue weighted by Crippen LogP contribution is 2.32. The van der Waals surface area contributed by atoms with E-state index in [1.54, 1.807) is 7.05 Å². The van der Waals surface area contributed by atoms with Gasteiger partial charge in [0.25, 0.3) is 0 Å². The highest BCUT2D eigenvalue weighted by molar-refractivity contribution is 14.0. The first-order valence-electron chi connectivity index (χ1n) is 7.86. The van der Waals surface area contributed by atoms with Crippen LogP contribution in [-0.4, -0.2) is 26.2 Å². The van der Waals surface area contributed by atoms with E-state index >= 15 is 0 Å². The first-order valence-corrected chi connectivity index (χ1v) is 8.65. The first kappa shape index (κ1) is 19.8. The minimum atomic E-state index is 0. The van der Waals surface area contributed by atoms with Crippen LogP contribution in [-0.2, 0) is 6.54 Å². The molecular weight excluding hydrogens is 497 g/mol. The van der Waals surface area contributed by atoms with E-state index < -0.39 is 0 Å². The number of hydrogen-bond donors (Lipinski definition) is 2. The van der Waals surface area contributed by atoms with Crippen LogP contribution in [0.3, 0.4) is 0 Å². The minimum Gasteiger partial charge on any atom is -0.490 e. The number of halogens is 2. The van der Waals surface area contributed by atoms with Crippen molar-refractivity contribution in [1.82, 2.24) is 5.32 Å². The number of fused-ring (bicyclic) bond motifs is 1. The van der Waals surface area contributed by atoms with Crippen molar-refractivity contribution in [3.05, 3.63) is 52.5 Å². The Morgan fingerprint density at radius 1 is 1.12 bits per heavy atom. The van der Waals surface area contributed by atoms with Gasteiger partial charge >= 0.3 is 0 Å². The quantitative estimate of drug-likeness (QED) is 0.359. The average Bonchev–Trinajstić information content (AvgIpc) is 2.83. The van der Waals surface area contributed by atoms with E-state index in [2.05, 4.69) is 43.7 Å². The van der Waals surface area contributed by atoms with Crippen molar-refractivity contribution in [2.75, 3.05) is 25.6 Å². The van der Waals surface area contributed by atoms with Gasteiger partial charge in [0.15, 0.2) is 17.5 Å². The Hall–Kier alpha value is -1.48. The highest BCUT2D eigenvalue weighted by atomic mass is 127. The fourth-order valence-corrected chi connectivity index (χ4v) is 2.84. The van der Waals surface area contributed by atoms with E-state index in [4.69, 9.17) is 9.47 Å². The summed E-state index contributed by atoms with van der Waals surface area (Å²) in [7, 11) is 1.75. The largest absolute Gasteiger partial charge is 0.490 e. The second-order valence-corrected chi connectivity index (χ2v) is 6.31. The zero-order valence-electron chi connectivity index (χ0n) is 13.9.